The van der Waals surface area contributed by atoms with Crippen molar-refractivity contribution in [3.8, 4) is 0 Å². The lowest BCUT2D eigenvalue weighted by atomic mass is 10.2. The minimum Gasteiger partial charge on any atom is -0.371 e. The van der Waals surface area contributed by atoms with E-state index in [1.165, 1.54) is 0 Å². The number of hydrogen-bond donors (Lipinski definition) is 1. The molecule has 3 nitrogen and oxygen atoms in total. The fourth-order valence-corrected chi connectivity index (χ4v) is 1.52. The summed E-state index contributed by atoms with van der Waals surface area (Å²) in [5, 5.41) is 3.39. The van der Waals surface area contributed by atoms with Crippen LogP contribution in [0.5, 0.6) is 0 Å². The van der Waals surface area contributed by atoms with Gasteiger partial charge >= 0.3 is 0 Å². The molecule has 1 rings (SSSR count). The first-order chi connectivity index (χ1) is 8.72. The molecule has 3 heteroatoms. The second-order valence-corrected chi connectivity index (χ2v) is 4.73. The Hall–Kier alpha value is -1.19. The highest BCUT2D eigenvalue weighted by Gasteiger charge is 1.99. The van der Waals surface area contributed by atoms with Gasteiger partial charge in [-0.05, 0) is 31.5 Å². The van der Waals surface area contributed by atoms with E-state index in [0.29, 0.717) is 19.1 Å². The van der Waals surface area contributed by atoms with Crippen LogP contribution >= 0.6 is 0 Å². The van der Waals surface area contributed by atoms with Crippen LogP contribution in [0.2, 0.25) is 0 Å². The Labute approximate surface area is 110 Å². The first kappa shape index (κ1) is 14.9. The average Bonchev–Trinajstić information content (AvgIpc) is 2.35. The van der Waals surface area contributed by atoms with Crippen LogP contribution in [0.1, 0.15) is 32.2 Å². The van der Waals surface area contributed by atoms with Crippen LogP contribution in [-0.2, 0) is 17.9 Å². The number of rotatable bonds is 8. The maximum atomic E-state index is 5.49. The predicted octanol–water partition coefficient (Wildman–Crippen LogP) is 2.92. The maximum Gasteiger partial charge on any atom is 0.0892 e. The zero-order valence-electron chi connectivity index (χ0n) is 11.6. The van der Waals surface area contributed by atoms with Crippen LogP contribution in [0.15, 0.2) is 30.4 Å². The van der Waals surface area contributed by atoms with Crippen molar-refractivity contribution in [1.29, 1.82) is 0 Å². The second-order valence-electron chi connectivity index (χ2n) is 4.73. The van der Waals surface area contributed by atoms with E-state index in [9.17, 15) is 0 Å². The van der Waals surface area contributed by atoms with Crippen molar-refractivity contribution in [3.63, 3.8) is 0 Å². The minimum atomic E-state index is 0.572. The predicted molar refractivity (Wildman–Crippen MR) is 75.3 cm³/mol. The molecule has 1 heterocycles. The van der Waals surface area contributed by atoms with Crippen molar-refractivity contribution >= 4 is 0 Å². The first-order valence-corrected chi connectivity index (χ1v) is 6.56. The monoisotopic (exact) mass is 248 g/mol. The van der Waals surface area contributed by atoms with E-state index in [-0.39, 0.29) is 0 Å². The minimum absolute atomic E-state index is 0.572. The number of pyridine rings is 1. The maximum absolute atomic E-state index is 5.49. The normalized spacial score (nSPS) is 11.6. The van der Waals surface area contributed by atoms with Gasteiger partial charge in [0.1, 0.15) is 0 Å². The molecule has 0 spiro atoms. The highest BCUT2D eigenvalue weighted by molar-refractivity contribution is 5.10. The fourth-order valence-electron chi connectivity index (χ4n) is 1.52. The third kappa shape index (κ3) is 6.52. The summed E-state index contributed by atoms with van der Waals surface area (Å²) in [5.74, 6) is 0.664. The van der Waals surface area contributed by atoms with Crippen molar-refractivity contribution in [1.82, 2.24) is 10.3 Å². The Morgan fingerprint density at radius 3 is 2.83 bits per heavy atom. The molecule has 100 valence electrons. The zero-order valence-corrected chi connectivity index (χ0v) is 11.6. The number of hydrogen-bond acceptors (Lipinski definition) is 3. The first-order valence-electron chi connectivity index (χ1n) is 6.56. The van der Waals surface area contributed by atoms with Gasteiger partial charge in [0, 0.05) is 6.54 Å². The average molecular weight is 248 g/mol. The van der Waals surface area contributed by atoms with E-state index in [1.54, 1.807) is 0 Å². The molecule has 0 fully saturated rings. The number of nitrogens with one attached hydrogen (secondary N) is 1. The van der Waals surface area contributed by atoms with Gasteiger partial charge in [0.05, 0.1) is 24.6 Å². The van der Waals surface area contributed by atoms with Gasteiger partial charge in [-0.3, -0.25) is 4.98 Å². The summed E-state index contributed by atoms with van der Waals surface area (Å²) in [6, 6.07) is 6.08. The van der Waals surface area contributed by atoms with Crippen LogP contribution in [0, 0.1) is 5.92 Å². The Morgan fingerprint density at radius 1 is 1.33 bits per heavy atom. The summed E-state index contributed by atoms with van der Waals surface area (Å²) in [6.07, 6.45) is 3.98. The third-order valence-corrected chi connectivity index (χ3v) is 2.42. The molecular formula is C15H24N2O. The van der Waals surface area contributed by atoms with E-state index in [1.807, 2.05) is 37.3 Å². The summed E-state index contributed by atoms with van der Waals surface area (Å²) in [7, 11) is 0. The molecule has 0 unspecified atom stereocenters. The molecular weight excluding hydrogens is 224 g/mol. The number of nitrogens with zero attached hydrogens (tertiary/aromatic N) is 1. The quantitative estimate of drug-likeness (QED) is 0.567. The summed E-state index contributed by atoms with van der Waals surface area (Å²) < 4.78 is 5.49. The molecule has 0 radical (unpaired) electrons. The SMILES string of the molecule is C/C=C/COCc1cccc(CNCC(C)C)n1. The van der Waals surface area contributed by atoms with Crippen molar-refractivity contribution < 1.29 is 4.74 Å². The standard InChI is InChI=1S/C15H24N2O/c1-4-5-9-18-12-15-8-6-7-14(17-15)11-16-10-13(2)3/h4-8,13,16H,9-12H2,1-3H3/b5-4+. The molecule has 0 atom stereocenters. The van der Waals surface area contributed by atoms with Crippen LogP contribution in [0.4, 0.5) is 0 Å². The fraction of sp³-hybridized carbons (Fsp3) is 0.533. The molecule has 1 N–H and O–H groups in total. The number of aromatic nitrogens is 1. The van der Waals surface area contributed by atoms with E-state index in [0.717, 1.165) is 24.5 Å². The van der Waals surface area contributed by atoms with E-state index >= 15 is 0 Å². The summed E-state index contributed by atoms with van der Waals surface area (Å²) in [4.78, 5) is 4.56. The van der Waals surface area contributed by atoms with Gasteiger partial charge in [-0.1, -0.05) is 32.1 Å². The van der Waals surface area contributed by atoms with E-state index in [2.05, 4.69) is 24.1 Å². The molecule has 0 aromatic carbocycles. The highest BCUT2D eigenvalue weighted by Crippen LogP contribution is 2.02. The Bertz CT molecular complexity index is 361. The Morgan fingerprint density at radius 2 is 2.11 bits per heavy atom. The summed E-state index contributed by atoms with van der Waals surface area (Å²) in [5.41, 5.74) is 2.06. The molecule has 0 amide bonds. The molecule has 0 saturated carbocycles. The van der Waals surface area contributed by atoms with Crippen LogP contribution < -0.4 is 5.32 Å². The number of allylic oxidation sites excluding steroid dienone is 1. The van der Waals surface area contributed by atoms with Gasteiger partial charge in [-0.15, -0.1) is 0 Å². The van der Waals surface area contributed by atoms with E-state index in [4.69, 9.17) is 4.74 Å². The molecule has 0 aliphatic rings. The molecule has 1 aromatic rings. The Kier molecular flexibility index (Phi) is 7.30. The molecule has 1 aromatic heterocycles. The van der Waals surface area contributed by atoms with E-state index < -0.39 is 0 Å². The molecule has 0 bridgehead atoms. The largest absolute Gasteiger partial charge is 0.371 e. The lowest BCUT2D eigenvalue weighted by molar-refractivity contribution is 0.145. The van der Waals surface area contributed by atoms with Crippen LogP contribution in [-0.4, -0.2) is 18.1 Å². The van der Waals surface area contributed by atoms with Crippen molar-refractivity contribution in [2.45, 2.75) is 33.9 Å². The van der Waals surface area contributed by atoms with Crippen LogP contribution in [0.3, 0.4) is 0 Å². The number of ether oxygens (including phenoxy) is 1. The molecule has 0 saturated heterocycles. The summed E-state index contributed by atoms with van der Waals surface area (Å²) >= 11 is 0. The van der Waals surface area contributed by atoms with Gasteiger partial charge in [0.15, 0.2) is 0 Å². The topological polar surface area (TPSA) is 34.1 Å². The van der Waals surface area contributed by atoms with Gasteiger partial charge < -0.3 is 10.1 Å². The van der Waals surface area contributed by atoms with Crippen molar-refractivity contribution in [2.75, 3.05) is 13.2 Å². The van der Waals surface area contributed by atoms with Crippen molar-refractivity contribution in [2.24, 2.45) is 5.92 Å². The Balaban J connectivity index is 2.36. The van der Waals surface area contributed by atoms with Gasteiger partial charge in [-0.2, -0.15) is 0 Å². The van der Waals surface area contributed by atoms with Gasteiger partial charge in [0.2, 0.25) is 0 Å². The van der Waals surface area contributed by atoms with Crippen LogP contribution in [0.25, 0.3) is 0 Å². The zero-order chi connectivity index (χ0) is 13.2. The molecule has 0 aliphatic heterocycles. The lowest BCUT2D eigenvalue weighted by Crippen LogP contribution is -2.19. The van der Waals surface area contributed by atoms with Gasteiger partial charge in [-0.25, -0.2) is 0 Å². The second kappa shape index (κ2) is 8.84. The van der Waals surface area contributed by atoms with Gasteiger partial charge in [0.25, 0.3) is 0 Å². The lowest BCUT2D eigenvalue weighted by Gasteiger charge is -2.08. The van der Waals surface area contributed by atoms with Crippen molar-refractivity contribution in [3.05, 3.63) is 41.7 Å². The third-order valence-electron chi connectivity index (χ3n) is 2.42. The molecule has 18 heavy (non-hydrogen) atoms. The molecule has 0 aliphatic carbocycles. The summed E-state index contributed by atoms with van der Waals surface area (Å²) in [6.45, 7) is 9.45. The smallest absolute Gasteiger partial charge is 0.0892 e. The highest BCUT2D eigenvalue weighted by atomic mass is 16.5.